The standard InChI is InChI=1S/C12H19N3O2/c16-10-4-1-5-15-11(13-14-12(10)15)7-9-3-2-6-17-8-9/h9-10,16H,1-8H2. The van der Waals surface area contributed by atoms with E-state index >= 15 is 0 Å². The molecule has 1 fully saturated rings. The predicted molar refractivity (Wildman–Crippen MR) is 61.5 cm³/mol. The molecule has 5 heteroatoms. The van der Waals surface area contributed by atoms with E-state index in [9.17, 15) is 5.11 Å². The van der Waals surface area contributed by atoms with Crippen molar-refractivity contribution in [1.82, 2.24) is 14.8 Å². The monoisotopic (exact) mass is 237 g/mol. The molecule has 0 aromatic carbocycles. The second-order valence-corrected chi connectivity index (χ2v) is 5.07. The van der Waals surface area contributed by atoms with Crippen LogP contribution in [0.25, 0.3) is 0 Å². The second kappa shape index (κ2) is 4.74. The Bertz CT molecular complexity index is 385. The molecule has 5 nitrogen and oxygen atoms in total. The molecule has 0 aliphatic carbocycles. The summed E-state index contributed by atoms with van der Waals surface area (Å²) in [5, 5.41) is 18.2. The highest BCUT2D eigenvalue weighted by molar-refractivity contribution is 5.02. The van der Waals surface area contributed by atoms with Gasteiger partial charge in [0.15, 0.2) is 5.82 Å². The van der Waals surface area contributed by atoms with Crippen LogP contribution >= 0.6 is 0 Å². The summed E-state index contributed by atoms with van der Waals surface area (Å²) in [7, 11) is 0. The van der Waals surface area contributed by atoms with Gasteiger partial charge in [-0.05, 0) is 31.6 Å². The molecule has 0 saturated carbocycles. The van der Waals surface area contributed by atoms with E-state index in [0.717, 1.165) is 57.1 Å². The van der Waals surface area contributed by atoms with Gasteiger partial charge in [0.05, 0.1) is 0 Å². The first-order valence-corrected chi connectivity index (χ1v) is 6.52. The number of hydrogen-bond donors (Lipinski definition) is 1. The summed E-state index contributed by atoms with van der Waals surface area (Å²) in [6, 6.07) is 0. The van der Waals surface area contributed by atoms with Crippen LogP contribution in [0.2, 0.25) is 0 Å². The molecule has 2 atom stereocenters. The number of nitrogens with zero attached hydrogens (tertiary/aromatic N) is 3. The van der Waals surface area contributed by atoms with Crippen molar-refractivity contribution >= 4 is 0 Å². The van der Waals surface area contributed by atoms with Crippen molar-refractivity contribution in [2.75, 3.05) is 13.2 Å². The largest absolute Gasteiger partial charge is 0.385 e. The zero-order valence-electron chi connectivity index (χ0n) is 10.0. The Morgan fingerprint density at radius 1 is 1.29 bits per heavy atom. The first kappa shape index (κ1) is 11.2. The molecule has 0 amide bonds. The van der Waals surface area contributed by atoms with E-state index in [1.165, 1.54) is 6.42 Å². The maximum Gasteiger partial charge on any atom is 0.161 e. The van der Waals surface area contributed by atoms with Crippen LogP contribution in [0.3, 0.4) is 0 Å². The predicted octanol–water partition coefficient (Wildman–Crippen LogP) is 1.07. The number of rotatable bonds is 2. The third-order valence-electron chi connectivity index (χ3n) is 3.74. The molecule has 2 aliphatic rings. The van der Waals surface area contributed by atoms with Crippen molar-refractivity contribution in [1.29, 1.82) is 0 Å². The first-order chi connectivity index (χ1) is 8.34. The van der Waals surface area contributed by atoms with E-state index in [2.05, 4.69) is 14.8 Å². The summed E-state index contributed by atoms with van der Waals surface area (Å²) >= 11 is 0. The molecule has 2 aliphatic heterocycles. The number of hydrogen-bond acceptors (Lipinski definition) is 4. The molecule has 1 N–H and O–H groups in total. The third-order valence-corrected chi connectivity index (χ3v) is 3.74. The van der Waals surface area contributed by atoms with E-state index < -0.39 is 6.10 Å². The minimum Gasteiger partial charge on any atom is -0.385 e. The van der Waals surface area contributed by atoms with Gasteiger partial charge in [-0.15, -0.1) is 10.2 Å². The lowest BCUT2D eigenvalue weighted by atomic mass is 9.98. The van der Waals surface area contributed by atoms with Crippen LogP contribution in [-0.4, -0.2) is 33.1 Å². The van der Waals surface area contributed by atoms with Crippen molar-refractivity contribution in [2.24, 2.45) is 5.92 Å². The van der Waals surface area contributed by atoms with Gasteiger partial charge in [0.2, 0.25) is 0 Å². The molecule has 0 radical (unpaired) electrons. The highest BCUT2D eigenvalue weighted by Crippen LogP contribution is 2.26. The maximum atomic E-state index is 9.83. The SMILES string of the molecule is OC1CCCn2c(CC3CCCOC3)nnc21. The smallest absolute Gasteiger partial charge is 0.161 e. The molecule has 1 aromatic heterocycles. The second-order valence-electron chi connectivity index (χ2n) is 5.07. The van der Waals surface area contributed by atoms with Gasteiger partial charge in [0.1, 0.15) is 11.9 Å². The van der Waals surface area contributed by atoms with Crippen molar-refractivity contribution in [2.45, 2.75) is 44.8 Å². The lowest BCUT2D eigenvalue weighted by Gasteiger charge is -2.23. The lowest BCUT2D eigenvalue weighted by Crippen LogP contribution is -2.23. The van der Waals surface area contributed by atoms with Gasteiger partial charge >= 0.3 is 0 Å². The number of aliphatic hydroxyl groups excluding tert-OH is 1. The molecule has 17 heavy (non-hydrogen) atoms. The average Bonchev–Trinajstić information content (AvgIpc) is 2.76. The summed E-state index contributed by atoms with van der Waals surface area (Å²) in [6.45, 7) is 2.68. The van der Waals surface area contributed by atoms with Crippen molar-refractivity contribution in [3.05, 3.63) is 11.6 Å². The Kier molecular flexibility index (Phi) is 3.11. The van der Waals surface area contributed by atoms with Crippen molar-refractivity contribution < 1.29 is 9.84 Å². The summed E-state index contributed by atoms with van der Waals surface area (Å²) in [6.07, 6.45) is 4.69. The van der Waals surface area contributed by atoms with E-state index in [1.807, 2.05) is 0 Å². The molecular formula is C12H19N3O2. The van der Waals surface area contributed by atoms with Gasteiger partial charge in [-0.3, -0.25) is 0 Å². The third kappa shape index (κ3) is 2.21. The van der Waals surface area contributed by atoms with Crippen LogP contribution in [0.4, 0.5) is 0 Å². The van der Waals surface area contributed by atoms with Gasteiger partial charge in [-0.25, -0.2) is 0 Å². The fourth-order valence-electron chi connectivity index (χ4n) is 2.79. The van der Waals surface area contributed by atoms with Crippen LogP contribution in [0.5, 0.6) is 0 Å². The molecule has 0 spiro atoms. The normalized spacial score (nSPS) is 29.0. The molecule has 1 aromatic rings. The Labute approximate surface area is 101 Å². The molecular weight excluding hydrogens is 218 g/mol. The summed E-state index contributed by atoms with van der Waals surface area (Å²) in [5.74, 6) is 2.34. The number of fused-ring (bicyclic) bond motifs is 1. The van der Waals surface area contributed by atoms with Crippen LogP contribution < -0.4 is 0 Å². The molecule has 3 heterocycles. The van der Waals surface area contributed by atoms with E-state index in [-0.39, 0.29) is 0 Å². The van der Waals surface area contributed by atoms with Gasteiger partial charge in [0, 0.05) is 26.2 Å². The average molecular weight is 237 g/mol. The van der Waals surface area contributed by atoms with Gasteiger partial charge in [-0.2, -0.15) is 0 Å². The van der Waals surface area contributed by atoms with E-state index in [4.69, 9.17) is 4.74 Å². The Morgan fingerprint density at radius 3 is 3.06 bits per heavy atom. The summed E-state index contributed by atoms with van der Waals surface area (Å²) in [5.41, 5.74) is 0. The van der Waals surface area contributed by atoms with Crippen LogP contribution in [0, 0.1) is 5.92 Å². The first-order valence-electron chi connectivity index (χ1n) is 6.52. The molecule has 3 rings (SSSR count). The quantitative estimate of drug-likeness (QED) is 0.836. The fraction of sp³-hybridized carbons (Fsp3) is 0.833. The van der Waals surface area contributed by atoms with Crippen LogP contribution in [0.15, 0.2) is 0 Å². The summed E-state index contributed by atoms with van der Waals surface area (Å²) < 4.78 is 7.59. The lowest BCUT2D eigenvalue weighted by molar-refractivity contribution is 0.0537. The number of aromatic nitrogens is 3. The van der Waals surface area contributed by atoms with Crippen molar-refractivity contribution in [3.63, 3.8) is 0 Å². The topological polar surface area (TPSA) is 60.2 Å². The molecule has 0 bridgehead atoms. The molecule has 1 saturated heterocycles. The van der Waals surface area contributed by atoms with Crippen molar-refractivity contribution in [3.8, 4) is 0 Å². The maximum absolute atomic E-state index is 9.83. The zero-order valence-corrected chi connectivity index (χ0v) is 10.0. The highest BCUT2D eigenvalue weighted by atomic mass is 16.5. The Morgan fingerprint density at radius 2 is 2.24 bits per heavy atom. The van der Waals surface area contributed by atoms with Gasteiger partial charge in [0.25, 0.3) is 0 Å². The van der Waals surface area contributed by atoms with Gasteiger partial charge < -0.3 is 14.4 Å². The van der Waals surface area contributed by atoms with Crippen LogP contribution in [0.1, 0.15) is 43.4 Å². The van der Waals surface area contributed by atoms with Crippen LogP contribution in [-0.2, 0) is 17.7 Å². The minimum atomic E-state index is -0.424. The number of ether oxygens (including phenoxy) is 1. The molecule has 94 valence electrons. The Hall–Kier alpha value is -0.940. The molecule has 2 unspecified atom stereocenters. The number of aliphatic hydroxyl groups is 1. The zero-order chi connectivity index (χ0) is 11.7. The van der Waals surface area contributed by atoms with E-state index in [1.54, 1.807) is 0 Å². The minimum absolute atomic E-state index is 0.424. The van der Waals surface area contributed by atoms with Gasteiger partial charge in [-0.1, -0.05) is 0 Å². The fourth-order valence-corrected chi connectivity index (χ4v) is 2.79. The highest BCUT2D eigenvalue weighted by Gasteiger charge is 2.25. The summed E-state index contributed by atoms with van der Waals surface area (Å²) in [4.78, 5) is 0. The Balaban J connectivity index is 1.74. The van der Waals surface area contributed by atoms with E-state index in [0.29, 0.717) is 5.92 Å².